The lowest BCUT2D eigenvalue weighted by Crippen LogP contribution is -2.63. The first kappa shape index (κ1) is 68.0. The maximum Gasteiger partial charge on any atom is 0.409 e. The number of nitrogens with two attached hydrogens (primary N) is 1. The van der Waals surface area contributed by atoms with Crippen LogP contribution in [0.2, 0.25) is 5.02 Å². The van der Waals surface area contributed by atoms with E-state index in [9.17, 15) is 58.2 Å². The molecule has 4 aliphatic heterocycles. The Labute approximate surface area is 509 Å². The van der Waals surface area contributed by atoms with E-state index < -0.39 is 137 Å². The average Bonchev–Trinajstić information content (AvgIpc) is 1.59. The Kier molecular flexibility index (Phi) is 23.1. The fourth-order valence-corrected chi connectivity index (χ4v) is 10.9. The number of phenolic OH excluding ortho intramolecular Hbond substituents is 1. The van der Waals surface area contributed by atoms with Gasteiger partial charge in [-0.25, -0.2) is 14.4 Å². The first-order valence-corrected chi connectivity index (χ1v) is 29.1. The molecule has 0 unspecified atom stereocenters. The number of esters is 1. The molecule has 0 aromatic heterocycles. The summed E-state index contributed by atoms with van der Waals surface area (Å²) in [6, 6.07) is 2.52. The number of aromatic hydroxyl groups is 1. The number of benzene rings is 2. The number of carbonyl (C=O) groups excluding carboxylic acids is 10. The van der Waals surface area contributed by atoms with Crippen molar-refractivity contribution in [3.8, 4) is 11.5 Å². The van der Waals surface area contributed by atoms with E-state index in [0.717, 1.165) is 27.0 Å². The van der Waals surface area contributed by atoms with Gasteiger partial charge >= 0.3 is 18.1 Å². The van der Waals surface area contributed by atoms with Crippen LogP contribution in [-0.4, -0.2) is 175 Å². The summed E-state index contributed by atoms with van der Waals surface area (Å²) in [4.78, 5) is 135. The number of urea groups is 1. The number of alkyl carbamates (subject to hydrolysis) is 1. The Morgan fingerprint density at radius 1 is 0.977 bits per heavy atom. The topological polar surface area (TPSA) is 356 Å². The van der Waals surface area contributed by atoms with Crippen LogP contribution in [0.3, 0.4) is 0 Å². The van der Waals surface area contributed by atoms with Gasteiger partial charge in [0.05, 0.1) is 31.0 Å². The summed E-state index contributed by atoms with van der Waals surface area (Å²) in [6.07, 6.45) is 3.74. The van der Waals surface area contributed by atoms with Gasteiger partial charge in [-0.3, -0.25) is 43.8 Å². The summed E-state index contributed by atoms with van der Waals surface area (Å²) in [5.41, 5.74) is 3.48. The number of halogens is 1. The van der Waals surface area contributed by atoms with Crippen molar-refractivity contribution >= 4 is 82.4 Å². The van der Waals surface area contributed by atoms with Gasteiger partial charge in [-0.05, 0) is 94.7 Å². The molecule has 10 atom stereocenters. The summed E-state index contributed by atoms with van der Waals surface area (Å²) in [5, 5.41) is 36.2. The second-order valence-corrected chi connectivity index (χ2v) is 23.2. The van der Waals surface area contributed by atoms with Gasteiger partial charge in [0.2, 0.25) is 23.6 Å². The number of ether oxygens (including phenoxy) is 5. The molecule has 0 saturated carbocycles. The number of hydrogen-bond donors (Lipinski definition) is 8. The van der Waals surface area contributed by atoms with E-state index in [2.05, 4.69) is 26.6 Å². The number of aliphatic hydroxyl groups is 1. The SMILES string of the molecule is COc1cc2cc(c1Cl)N(C)C(=O)C[C@H](OC(=O)[C@H](C)N(C)C(=O)c1ccc(NC(=O)[C@H](CCCNC(N)=O)NC(=O)[C@@H](NC(=O)CCCCCN3C(=O)C=CC3=O)C(C)C)c(O)c1)[C@]1(C)O[C@H]1[C@H](C)[C@@H]1C[C@@](O)(NC(=O)O1)[C@H](OC)/C=C/C=C(\C)C2. The zero-order valence-corrected chi connectivity index (χ0v) is 51.3. The molecule has 4 aliphatic rings. The molecule has 2 saturated heterocycles. The molecule has 9 N–H and O–H groups in total. The molecule has 4 bridgehead atoms. The van der Waals surface area contributed by atoms with Crippen LogP contribution >= 0.6 is 11.6 Å². The number of fused-ring (bicyclic) bond motifs is 5. The predicted molar refractivity (Wildman–Crippen MR) is 317 cm³/mol. The second-order valence-electron chi connectivity index (χ2n) is 22.8. The Hall–Kier alpha value is -8.07. The Morgan fingerprint density at radius 3 is 2.32 bits per heavy atom. The van der Waals surface area contributed by atoms with Crippen LogP contribution in [0.4, 0.5) is 21.0 Å². The fourth-order valence-electron chi connectivity index (χ4n) is 10.6. The third kappa shape index (κ3) is 17.1. The molecular formula is C60H80ClN9O17. The number of allylic oxidation sites excluding steroid dienone is 3. The molecule has 0 radical (unpaired) electrons. The normalized spacial score (nSPS) is 24.9. The number of likely N-dealkylation sites (N-methyl/N-ethyl adjacent to an activating group) is 1. The highest BCUT2D eigenvalue weighted by Crippen LogP contribution is 2.49. The maximum atomic E-state index is 14.5. The molecule has 4 heterocycles. The molecule has 0 aliphatic carbocycles. The maximum absolute atomic E-state index is 14.5. The third-order valence-electron chi connectivity index (χ3n) is 16.0. The number of rotatable bonds is 22. The van der Waals surface area contributed by atoms with Crippen LogP contribution < -0.4 is 42.0 Å². The standard InChI is InChI=1S/C60H80ClN9O17/c1-32(2)51(66-46(72)19-12-11-13-25-70-47(73)22-23-48(70)74)54(77)65-39(17-15-24-63-57(62)80)53(76)64-38-21-20-37(29-41(38)71)55(78)68(7)35(5)56(79)86-45-30-49(75)69(8)40-27-36(28-42(83-9)50(40)61)26-33(3)16-14-18-44(84-10)60(82)31-43(85-58(81)67-60)34(4)52-59(45,6)87-52/h14,16,18,20-23,27-29,32,34-35,39,43-45,51-52,71,82H,11-13,15,17,19,24-26,30-31H2,1-10H3,(H,64,76)(H,65,77)(H,66,72)(H,67,81)(H3,62,63,80)/b18-14+,33-16+/t34-,35+,39+,43+,44-,45+,51+,52+,59+,60+/m1/s1. The zero-order chi connectivity index (χ0) is 64.2. The summed E-state index contributed by atoms with van der Waals surface area (Å²) >= 11 is 6.84. The number of methoxy groups -OCH3 is 2. The number of unbranched alkanes of at least 4 members (excludes halogenated alkanes) is 2. The van der Waals surface area contributed by atoms with Crippen LogP contribution in [0.15, 0.2) is 66.3 Å². The molecule has 26 nitrogen and oxygen atoms in total. The van der Waals surface area contributed by atoms with Crippen molar-refractivity contribution in [3.63, 3.8) is 0 Å². The van der Waals surface area contributed by atoms with Crippen LogP contribution in [-0.2, 0) is 58.9 Å². The number of imide groups is 1. The van der Waals surface area contributed by atoms with Crippen LogP contribution in [0, 0.1) is 11.8 Å². The number of epoxide rings is 1. The lowest BCUT2D eigenvalue weighted by molar-refractivity contribution is -0.158. The van der Waals surface area contributed by atoms with Crippen molar-refractivity contribution in [2.24, 2.45) is 17.6 Å². The van der Waals surface area contributed by atoms with Gasteiger partial charge in [-0.15, -0.1) is 0 Å². The van der Waals surface area contributed by atoms with Crippen molar-refractivity contribution in [2.75, 3.05) is 51.6 Å². The van der Waals surface area contributed by atoms with Crippen molar-refractivity contribution in [1.29, 1.82) is 0 Å². The largest absolute Gasteiger partial charge is 0.506 e. The first-order valence-electron chi connectivity index (χ1n) is 28.7. The molecular weight excluding hydrogens is 1150 g/mol. The number of amides is 10. The fraction of sp³-hybridized carbons (Fsp3) is 0.533. The van der Waals surface area contributed by atoms with Crippen LogP contribution in [0.5, 0.6) is 11.5 Å². The van der Waals surface area contributed by atoms with Gasteiger partial charge in [-0.1, -0.05) is 62.6 Å². The van der Waals surface area contributed by atoms with Gasteiger partial charge in [0, 0.05) is 70.8 Å². The van der Waals surface area contributed by atoms with Gasteiger partial charge in [0.15, 0.2) is 5.72 Å². The van der Waals surface area contributed by atoms with Gasteiger partial charge in [0.1, 0.15) is 58.6 Å². The van der Waals surface area contributed by atoms with Gasteiger partial charge in [-0.2, -0.15) is 0 Å². The highest BCUT2D eigenvalue weighted by Gasteiger charge is 2.64. The quantitative estimate of drug-likeness (QED) is 0.0271. The Bertz CT molecular complexity index is 3050. The summed E-state index contributed by atoms with van der Waals surface area (Å²) in [5.74, 6) is -6.41. The number of phenols is 1. The second kappa shape index (κ2) is 29.6. The van der Waals surface area contributed by atoms with Crippen LogP contribution in [0.25, 0.3) is 0 Å². The highest BCUT2D eigenvalue weighted by molar-refractivity contribution is 6.35. The third-order valence-corrected chi connectivity index (χ3v) is 16.4. The van der Waals surface area contributed by atoms with E-state index in [1.54, 1.807) is 52.0 Å². The van der Waals surface area contributed by atoms with E-state index in [-0.39, 0.29) is 55.0 Å². The number of nitrogens with zero attached hydrogens (tertiary/aromatic N) is 3. The Morgan fingerprint density at radius 2 is 1.68 bits per heavy atom. The summed E-state index contributed by atoms with van der Waals surface area (Å²) in [6.45, 7) is 10.3. The highest BCUT2D eigenvalue weighted by atomic mass is 35.5. The number of hydrogen-bond acceptors (Lipinski definition) is 17. The lowest BCUT2D eigenvalue weighted by Gasteiger charge is -2.42. The molecule has 87 heavy (non-hydrogen) atoms. The monoisotopic (exact) mass is 1230 g/mol. The van der Waals surface area contributed by atoms with Crippen molar-refractivity contribution in [3.05, 3.63) is 82.4 Å². The summed E-state index contributed by atoms with van der Waals surface area (Å²) < 4.78 is 29.5. The predicted octanol–water partition coefficient (Wildman–Crippen LogP) is 4.03. The van der Waals surface area contributed by atoms with Crippen molar-refractivity contribution in [2.45, 2.75) is 153 Å². The molecule has 6 rings (SSSR count). The minimum absolute atomic E-state index is 0.0379. The zero-order valence-electron chi connectivity index (χ0n) is 50.6. The summed E-state index contributed by atoms with van der Waals surface area (Å²) in [7, 11) is 5.65. The van der Waals surface area contributed by atoms with E-state index in [4.69, 9.17) is 41.0 Å². The van der Waals surface area contributed by atoms with E-state index in [0.29, 0.717) is 37.1 Å². The first-order chi connectivity index (χ1) is 41.0. The minimum atomic E-state index is -1.93. The van der Waals surface area contributed by atoms with E-state index in [1.807, 2.05) is 13.0 Å². The smallest absolute Gasteiger partial charge is 0.409 e. The van der Waals surface area contributed by atoms with Gasteiger partial charge < -0.3 is 70.7 Å². The number of carbonyl (C=O) groups is 10. The Balaban J connectivity index is 1.16. The lowest BCUT2D eigenvalue weighted by atomic mass is 9.83. The number of primary amides is 1. The molecule has 27 heteroatoms. The van der Waals surface area contributed by atoms with E-state index >= 15 is 0 Å². The van der Waals surface area contributed by atoms with Gasteiger partial charge in [0.25, 0.3) is 17.7 Å². The molecule has 2 aromatic rings. The molecule has 0 spiro atoms. The molecule has 2 fully saturated rings. The van der Waals surface area contributed by atoms with Crippen LogP contribution in [0.1, 0.15) is 109 Å². The van der Waals surface area contributed by atoms with E-state index in [1.165, 1.54) is 64.4 Å². The molecule has 474 valence electrons. The average molecular weight is 1230 g/mol. The molecule has 2 aromatic carbocycles. The minimum Gasteiger partial charge on any atom is -0.506 e. The number of anilines is 2. The molecule has 10 amide bonds. The number of nitrogens with one attached hydrogen (secondary N) is 5. The van der Waals surface area contributed by atoms with Crippen molar-refractivity contribution in [1.82, 2.24) is 31.1 Å². The van der Waals surface area contributed by atoms with Crippen molar-refractivity contribution < 1.29 is 81.8 Å².